The highest BCUT2D eigenvalue weighted by Crippen LogP contribution is 2.34. The van der Waals surface area contributed by atoms with Crippen molar-refractivity contribution in [3.63, 3.8) is 0 Å². The second kappa shape index (κ2) is 6.47. The number of esters is 1. The molecule has 0 saturated heterocycles. The van der Waals surface area contributed by atoms with Gasteiger partial charge in [-0.15, -0.1) is 11.3 Å². The number of carbonyl (C=O) groups is 1. The van der Waals surface area contributed by atoms with Crippen LogP contribution in [0.1, 0.15) is 16.6 Å². The molecule has 8 heteroatoms. The normalized spacial score (nSPS) is 17.1. The molecule has 0 saturated carbocycles. The third-order valence-electron chi connectivity index (χ3n) is 3.23. The zero-order valence-corrected chi connectivity index (χ0v) is 13.5. The van der Waals surface area contributed by atoms with E-state index in [-0.39, 0.29) is 10.6 Å². The first-order valence-corrected chi connectivity index (χ1v) is 7.83. The van der Waals surface area contributed by atoms with Gasteiger partial charge >= 0.3 is 5.97 Å². The maximum Gasteiger partial charge on any atom is 0.337 e. The number of hydrogen-bond donors (Lipinski definition) is 1. The van der Waals surface area contributed by atoms with Gasteiger partial charge in [0, 0.05) is 28.4 Å². The average molecular weight is 352 g/mol. The highest BCUT2D eigenvalue weighted by Gasteiger charge is 2.29. The van der Waals surface area contributed by atoms with Crippen LogP contribution < -0.4 is 5.32 Å². The molecule has 0 amide bonds. The van der Waals surface area contributed by atoms with Crippen LogP contribution in [-0.2, 0) is 9.53 Å². The zero-order chi connectivity index (χ0) is 16.4. The quantitative estimate of drug-likeness (QED) is 0.863. The Kier molecular flexibility index (Phi) is 4.40. The number of benzene rings is 1. The SMILES string of the molecule is COC(=O)C1=CNC(c2nccs2)=N[C@H]1c1ccc(F)cc1Cl. The van der Waals surface area contributed by atoms with Crippen molar-refractivity contribution in [2.24, 2.45) is 4.99 Å². The Balaban J connectivity index is 2.07. The van der Waals surface area contributed by atoms with Crippen molar-refractivity contribution in [2.75, 3.05) is 7.11 Å². The smallest absolute Gasteiger partial charge is 0.337 e. The van der Waals surface area contributed by atoms with Gasteiger partial charge in [-0.3, -0.25) is 4.99 Å². The molecule has 1 atom stereocenters. The number of hydrogen-bond acceptors (Lipinski definition) is 6. The van der Waals surface area contributed by atoms with Gasteiger partial charge in [0.2, 0.25) is 0 Å². The predicted octanol–water partition coefficient (Wildman–Crippen LogP) is 3.08. The lowest BCUT2D eigenvalue weighted by Crippen LogP contribution is -2.28. The van der Waals surface area contributed by atoms with Crippen molar-refractivity contribution in [3.05, 3.63) is 63.0 Å². The summed E-state index contributed by atoms with van der Waals surface area (Å²) in [6, 6.07) is 3.27. The Labute approximate surface area is 140 Å². The molecule has 0 spiro atoms. The summed E-state index contributed by atoms with van der Waals surface area (Å²) in [5.74, 6) is -0.483. The van der Waals surface area contributed by atoms with Crippen LogP contribution in [0.4, 0.5) is 4.39 Å². The lowest BCUT2D eigenvalue weighted by molar-refractivity contribution is -0.136. The fourth-order valence-corrected chi connectivity index (χ4v) is 3.03. The molecule has 0 radical (unpaired) electrons. The first-order chi connectivity index (χ1) is 11.1. The van der Waals surface area contributed by atoms with Crippen LogP contribution in [0.15, 0.2) is 46.5 Å². The van der Waals surface area contributed by atoms with Gasteiger partial charge < -0.3 is 10.1 Å². The predicted molar refractivity (Wildman–Crippen MR) is 86.0 cm³/mol. The number of nitrogens with one attached hydrogen (secondary N) is 1. The van der Waals surface area contributed by atoms with Gasteiger partial charge in [-0.1, -0.05) is 17.7 Å². The van der Waals surface area contributed by atoms with E-state index >= 15 is 0 Å². The van der Waals surface area contributed by atoms with Crippen LogP contribution in [0.2, 0.25) is 5.02 Å². The number of thiazole rings is 1. The summed E-state index contributed by atoms with van der Waals surface area (Å²) >= 11 is 7.53. The first-order valence-electron chi connectivity index (χ1n) is 6.57. The molecule has 0 fully saturated rings. The van der Waals surface area contributed by atoms with Crippen molar-refractivity contribution in [2.45, 2.75) is 6.04 Å². The minimum Gasteiger partial charge on any atom is -0.466 e. The molecule has 2 heterocycles. The first kappa shape index (κ1) is 15.6. The van der Waals surface area contributed by atoms with E-state index in [2.05, 4.69) is 15.3 Å². The summed E-state index contributed by atoms with van der Waals surface area (Å²) in [5, 5.41) is 5.62. The molecule has 0 aliphatic carbocycles. The third-order valence-corrected chi connectivity index (χ3v) is 4.34. The van der Waals surface area contributed by atoms with Crippen LogP contribution >= 0.6 is 22.9 Å². The number of rotatable bonds is 3. The summed E-state index contributed by atoms with van der Waals surface area (Å²) in [6.07, 6.45) is 3.17. The summed E-state index contributed by atoms with van der Waals surface area (Å²) in [4.78, 5) is 20.7. The van der Waals surface area contributed by atoms with Crippen LogP contribution in [0.5, 0.6) is 0 Å². The molecule has 23 heavy (non-hydrogen) atoms. The largest absolute Gasteiger partial charge is 0.466 e. The van der Waals surface area contributed by atoms with E-state index in [9.17, 15) is 9.18 Å². The molecule has 1 aromatic heterocycles. The molecule has 0 bridgehead atoms. The van der Waals surface area contributed by atoms with Crippen molar-refractivity contribution in [1.82, 2.24) is 10.3 Å². The monoisotopic (exact) mass is 351 g/mol. The molecule has 5 nitrogen and oxygen atoms in total. The Hall–Kier alpha value is -2.25. The lowest BCUT2D eigenvalue weighted by Gasteiger charge is -2.22. The Morgan fingerprint density at radius 2 is 2.30 bits per heavy atom. The van der Waals surface area contributed by atoms with Gasteiger partial charge in [-0.25, -0.2) is 14.2 Å². The van der Waals surface area contributed by atoms with E-state index in [1.165, 1.54) is 42.8 Å². The number of aromatic nitrogens is 1. The second-order valence-corrected chi connectivity index (χ2v) is 5.92. The molecule has 1 aromatic carbocycles. The van der Waals surface area contributed by atoms with E-state index in [1.807, 2.05) is 5.38 Å². The van der Waals surface area contributed by atoms with Crippen molar-refractivity contribution in [3.8, 4) is 0 Å². The van der Waals surface area contributed by atoms with Crippen molar-refractivity contribution >= 4 is 34.7 Å². The molecule has 3 rings (SSSR count). The van der Waals surface area contributed by atoms with Crippen LogP contribution in [0.3, 0.4) is 0 Å². The summed E-state index contributed by atoms with van der Waals surface area (Å²) < 4.78 is 18.1. The van der Waals surface area contributed by atoms with Gasteiger partial charge in [-0.2, -0.15) is 0 Å². The molecule has 118 valence electrons. The summed E-state index contributed by atoms with van der Waals surface area (Å²) in [6.45, 7) is 0. The number of aliphatic imine (C=N–C) groups is 1. The van der Waals surface area contributed by atoms with E-state index in [4.69, 9.17) is 16.3 Å². The lowest BCUT2D eigenvalue weighted by atomic mass is 9.98. The Bertz CT molecular complexity index is 805. The van der Waals surface area contributed by atoms with Gasteiger partial charge in [0.05, 0.1) is 12.7 Å². The van der Waals surface area contributed by atoms with E-state index in [0.717, 1.165) is 0 Å². The van der Waals surface area contributed by atoms with E-state index < -0.39 is 17.8 Å². The molecule has 1 aliphatic heterocycles. The number of amidine groups is 1. The second-order valence-electron chi connectivity index (χ2n) is 4.62. The standard InChI is InChI=1S/C15H11ClFN3O2S/c1-22-15(21)10-7-19-13(14-18-4-5-23-14)20-12(10)9-3-2-8(17)6-11(9)16/h2-7,12H,1H3,(H,19,20)/t12-/m0/s1. The topological polar surface area (TPSA) is 63.6 Å². The fourth-order valence-electron chi connectivity index (χ4n) is 2.17. The molecule has 1 N–H and O–H groups in total. The summed E-state index contributed by atoms with van der Waals surface area (Å²) in [5.41, 5.74) is 0.793. The van der Waals surface area contributed by atoms with Crippen molar-refractivity contribution in [1.29, 1.82) is 0 Å². The number of halogens is 2. The fraction of sp³-hybridized carbons (Fsp3) is 0.133. The van der Waals surface area contributed by atoms with Gasteiger partial charge in [0.1, 0.15) is 11.9 Å². The highest BCUT2D eigenvalue weighted by molar-refractivity contribution is 7.11. The van der Waals surface area contributed by atoms with Crippen LogP contribution in [0, 0.1) is 5.82 Å². The van der Waals surface area contributed by atoms with Crippen molar-refractivity contribution < 1.29 is 13.9 Å². The van der Waals surface area contributed by atoms with Gasteiger partial charge in [0.15, 0.2) is 10.8 Å². The minimum absolute atomic E-state index is 0.189. The maximum absolute atomic E-state index is 13.3. The molecule has 1 aliphatic rings. The third kappa shape index (κ3) is 3.11. The number of ether oxygens (including phenoxy) is 1. The highest BCUT2D eigenvalue weighted by atomic mass is 35.5. The minimum atomic E-state index is -0.698. The van der Waals surface area contributed by atoms with E-state index in [1.54, 1.807) is 6.20 Å². The van der Waals surface area contributed by atoms with Gasteiger partial charge in [0.25, 0.3) is 0 Å². The summed E-state index contributed by atoms with van der Waals surface area (Å²) in [7, 11) is 1.28. The number of methoxy groups -OCH3 is 1. The molecular weight excluding hydrogens is 341 g/mol. The Morgan fingerprint density at radius 3 is 2.96 bits per heavy atom. The molecular formula is C15H11ClFN3O2S. The van der Waals surface area contributed by atoms with E-state index in [0.29, 0.717) is 16.4 Å². The zero-order valence-electron chi connectivity index (χ0n) is 11.9. The maximum atomic E-state index is 13.3. The number of nitrogens with zero attached hydrogens (tertiary/aromatic N) is 2. The Morgan fingerprint density at radius 1 is 1.48 bits per heavy atom. The van der Waals surface area contributed by atoms with Crippen LogP contribution in [-0.4, -0.2) is 23.9 Å². The van der Waals surface area contributed by atoms with Crippen LogP contribution in [0.25, 0.3) is 0 Å². The molecule has 2 aromatic rings. The van der Waals surface area contributed by atoms with Gasteiger partial charge in [-0.05, 0) is 12.1 Å². The average Bonchev–Trinajstić information content (AvgIpc) is 3.08. The molecule has 0 unspecified atom stereocenters. The number of carbonyl (C=O) groups excluding carboxylic acids is 1.